The van der Waals surface area contributed by atoms with Crippen LogP contribution in [0.25, 0.3) is 0 Å². The Morgan fingerprint density at radius 3 is 2.39 bits per heavy atom. The van der Waals surface area contributed by atoms with Gasteiger partial charge in [0.25, 0.3) is 5.91 Å². The monoisotopic (exact) mass is 419 g/mol. The summed E-state index contributed by atoms with van der Waals surface area (Å²) in [6.07, 6.45) is 4.94. The molecule has 0 radical (unpaired) electrons. The number of para-hydroxylation sites is 1. The van der Waals surface area contributed by atoms with Crippen molar-refractivity contribution in [3.05, 3.63) is 65.2 Å². The molecule has 1 aliphatic heterocycles. The van der Waals surface area contributed by atoms with Gasteiger partial charge in [-0.25, -0.2) is 0 Å². The van der Waals surface area contributed by atoms with Gasteiger partial charge in [-0.05, 0) is 55.0 Å². The van der Waals surface area contributed by atoms with Crippen LogP contribution in [-0.4, -0.2) is 24.3 Å². The highest BCUT2D eigenvalue weighted by Crippen LogP contribution is 2.35. The van der Waals surface area contributed by atoms with Gasteiger partial charge in [0.15, 0.2) is 0 Å². The summed E-state index contributed by atoms with van der Waals surface area (Å²) in [5.41, 5.74) is 8.85. The van der Waals surface area contributed by atoms with E-state index in [4.69, 9.17) is 0 Å². The van der Waals surface area contributed by atoms with E-state index in [0.717, 1.165) is 36.9 Å². The van der Waals surface area contributed by atoms with Crippen LogP contribution in [0.4, 0.5) is 5.69 Å². The Morgan fingerprint density at radius 1 is 0.935 bits per heavy atom. The summed E-state index contributed by atoms with van der Waals surface area (Å²) in [7, 11) is 0. The number of carbonyl (C=O) groups excluding carboxylic acids is 3. The van der Waals surface area contributed by atoms with E-state index in [9.17, 15) is 14.4 Å². The predicted molar refractivity (Wildman–Crippen MR) is 119 cm³/mol. The maximum atomic E-state index is 13.4. The lowest BCUT2D eigenvalue weighted by Gasteiger charge is -2.32. The van der Waals surface area contributed by atoms with Crippen molar-refractivity contribution < 1.29 is 14.4 Å². The number of fused-ring (bicyclic) bond motifs is 1. The third-order valence-corrected chi connectivity index (χ3v) is 6.50. The van der Waals surface area contributed by atoms with E-state index in [1.807, 2.05) is 35.2 Å². The van der Waals surface area contributed by atoms with Crippen LogP contribution in [0.15, 0.2) is 48.5 Å². The lowest BCUT2D eigenvalue weighted by molar-refractivity contribution is -0.135. The molecular formula is C25H29N3O3. The van der Waals surface area contributed by atoms with Crippen LogP contribution in [0.5, 0.6) is 0 Å². The van der Waals surface area contributed by atoms with Crippen molar-refractivity contribution >= 4 is 23.4 Å². The predicted octanol–water partition coefficient (Wildman–Crippen LogP) is 3.41. The van der Waals surface area contributed by atoms with E-state index in [2.05, 4.69) is 23.8 Å². The summed E-state index contributed by atoms with van der Waals surface area (Å²) < 4.78 is 0. The minimum absolute atomic E-state index is 0.0197. The molecule has 1 fully saturated rings. The first-order chi connectivity index (χ1) is 15.1. The summed E-state index contributed by atoms with van der Waals surface area (Å²) in [5.74, 6) is -1.42. The molecule has 162 valence electrons. The first-order valence-electron chi connectivity index (χ1n) is 11.2. The molecule has 6 nitrogen and oxygen atoms in total. The molecule has 6 heteroatoms. The summed E-state index contributed by atoms with van der Waals surface area (Å²) >= 11 is 0. The standard InChI is InChI=1S/C25H29N3O3/c1-2-17-11-13-19(14-12-17)23(29)26-27-24(30)20-8-4-5-9-21(20)25(31)28-16-15-18-7-3-6-10-22(18)28/h3,6-7,10-14,20-21H,2,4-5,8-9,15-16H2,1H3,(H,26,29)(H,27,30). The number of anilines is 1. The number of hydrazine groups is 1. The maximum Gasteiger partial charge on any atom is 0.269 e. The number of hydrogen-bond acceptors (Lipinski definition) is 3. The van der Waals surface area contributed by atoms with E-state index in [-0.39, 0.29) is 23.6 Å². The quantitative estimate of drug-likeness (QED) is 0.746. The molecule has 2 aromatic rings. The van der Waals surface area contributed by atoms with Gasteiger partial charge in [0.05, 0.1) is 11.8 Å². The minimum atomic E-state index is -0.434. The molecule has 0 bridgehead atoms. The van der Waals surface area contributed by atoms with Crippen LogP contribution in [-0.2, 0) is 22.4 Å². The first-order valence-corrected chi connectivity index (χ1v) is 11.2. The maximum absolute atomic E-state index is 13.4. The molecule has 31 heavy (non-hydrogen) atoms. The molecule has 4 rings (SSSR count). The van der Waals surface area contributed by atoms with Crippen molar-refractivity contribution in [3.8, 4) is 0 Å². The highest BCUT2D eigenvalue weighted by atomic mass is 16.2. The van der Waals surface area contributed by atoms with Crippen LogP contribution in [0.1, 0.15) is 54.1 Å². The SMILES string of the molecule is CCc1ccc(C(=O)NNC(=O)C2CCCCC2C(=O)N2CCc3ccccc32)cc1. The van der Waals surface area contributed by atoms with E-state index < -0.39 is 5.92 Å². The molecule has 1 heterocycles. The van der Waals surface area contributed by atoms with Gasteiger partial charge in [0.1, 0.15) is 0 Å². The number of rotatable bonds is 4. The number of nitrogens with one attached hydrogen (secondary N) is 2. The molecule has 0 saturated heterocycles. The fraction of sp³-hybridized carbons (Fsp3) is 0.400. The van der Waals surface area contributed by atoms with Gasteiger partial charge in [-0.2, -0.15) is 0 Å². The normalized spacial score (nSPS) is 20.1. The fourth-order valence-corrected chi connectivity index (χ4v) is 4.68. The topological polar surface area (TPSA) is 78.5 Å². The molecule has 3 amide bonds. The zero-order chi connectivity index (χ0) is 21.8. The van der Waals surface area contributed by atoms with Crippen molar-refractivity contribution in [1.29, 1.82) is 0 Å². The largest absolute Gasteiger partial charge is 0.312 e. The Kier molecular flexibility index (Phi) is 6.35. The lowest BCUT2D eigenvalue weighted by atomic mass is 9.78. The summed E-state index contributed by atoms with van der Waals surface area (Å²) in [4.78, 5) is 40.5. The van der Waals surface area contributed by atoms with Gasteiger partial charge in [-0.15, -0.1) is 0 Å². The van der Waals surface area contributed by atoms with Crippen LogP contribution >= 0.6 is 0 Å². The highest BCUT2D eigenvalue weighted by molar-refractivity contribution is 6.00. The number of amides is 3. The molecule has 0 aromatic heterocycles. The van der Waals surface area contributed by atoms with Crippen molar-refractivity contribution in [1.82, 2.24) is 10.9 Å². The summed E-state index contributed by atoms with van der Waals surface area (Å²) in [5, 5.41) is 0. The molecule has 2 unspecified atom stereocenters. The van der Waals surface area contributed by atoms with Gasteiger partial charge >= 0.3 is 0 Å². The smallest absolute Gasteiger partial charge is 0.269 e. The highest BCUT2D eigenvalue weighted by Gasteiger charge is 2.39. The Hall–Kier alpha value is -3.15. The Morgan fingerprint density at radius 2 is 1.65 bits per heavy atom. The third-order valence-electron chi connectivity index (χ3n) is 6.50. The number of carbonyl (C=O) groups is 3. The molecule has 0 spiro atoms. The zero-order valence-corrected chi connectivity index (χ0v) is 17.9. The van der Waals surface area contributed by atoms with Crippen LogP contribution < -0.4 is 15.8 Å². The second-order valence-electron chi connectivity index (χ2n) is 8.36. The van der Waals surface area contributed by atoms with E-state index in [1.165, 1.54) is 5.56 Å². The van der Waals surface area contributed by atoms with Gasteiger partial charge in [0, 0.05) is 17.8 Å². The van der Waals surface area contributed by atoms with Crippen molar-refractivity contribution in [2.75, 3.05) is 11.4 Å². The van der Waals surface area contributed by atoms with Crippen LogP contribution in [0.3, 0.4) is 0 Å². The minimum Gasteiger partial charge on any atom is -0.312 e. The second-order valence-corrected chi connectivity index (χ2v) is 8.36. The Balaban J connectivity index is 1.40. The molecule has 2 aliphatic rings. The lowest BCUT2D eigenvalue weighted by Crippen LogP contribution is -2.49. The summed E-state index contributed by atoms with van der Waals surface area (Å²) in [6, 6.07) is 15.3. The van der Waals surface area contributed by atoms with E-state index in [0.29, 0.717) is 24.9 Å². The summed E-state index contributed by atoms with van der Waals surface area (Å²) in [6.45, 7) is 2.71. The Bertz CT molecular complexity index is 970. The zero-order valence-electron chi connectivity index (χ0n) is 17.9. The molecular weight excluding hydrogens is 390 g/mol. The fourth-order valence-electron chi connectivity index (χ4n) is 4.68. The average Bonchev–Trinajstić information content (AvgIpc) is 3.26. The van der Waals surface area contributed by atoms with Gasteiger partial charge in [0.2, 0.25) is 11.8 Å². The average molecular weight is 420 g/mol. The second kappa shape index (κ2) is 9.33. The van der Waals surface area contributed by atoms with Gasteiger partial charge in [-0.3, -0.25) is 25.2 Å². The van der Waals surface area contributed by atoms with Gasteiger partial charge < -0.3 is 4.90 Å². The van der Waals surface area contributed by atoms with Crippen molar-refractivity contribution in [2.24, 2.45) is 11.8 Å². The number of nitrogens with zero attached hydrogens (tertiary/aromatic N) is 1. The molecule has 2 aromatic carbocycles. The van der Waals surface area contributed by atoms with Crippen LogP contribution in [0.2, 0.25) is 0 Å². The number of benzene rings is 2. The molecule has 2 N–H and O–H groups in total. The number of aryl methyl sites for hydroxylation is 1. The van der Waals surface area contributed by atoms with Crippen molar-refractivity contribution in [2.45, 2.75) is 45.4 Å². The Labute approximate surface area is 183 Å². The third kappa shape index (κ3) is 4.48. The molecule has 1 saturated carbocycles. The number of hydrogen-bond donors (Lipinski definition) is 2. The molecule has 2 atom stereocenters. The van der Waals surface area contributed by atoms with Crippen molar-refractivity contribution in [3.63, 3.8) is 0 Å². The van der Waals surface area contributed by atoms with E-state index in [1.54, 1.807) is 12.1 Å². The van der Waals surface area contributed by atoms with E-state index >= 15 is 0 Å². The van der Waals surface area contributed by atoms with Gasteiger partial charge in [-0.1, -0.05) is 50.1 Å². The van der Waals surface area contributed by atoms with Crippen LogP contribution in [0, 0.1) is 11.8 Å². The first kappa shape index (κ1) is 21.1. The molecule has 1 aliphatic carbocycles.